The first kappa shape index (κ1) is 15.2. The van der Waals surface area contributed by atoms with Crippen LogP contribution in [0.5, 0.6) is 0 Å². The van der Waals surface area contributed by atoms with Gasteiger partial charge in [0.05, 0.1) is 17.3 Å². The van der Waals surface area contributed by atoms with Crippen LogP contribution >= 0.6 is 0 Å². The molecule has 3 nitrogen and oxygen atoms in total. The van der Waals surface area contributed by atoms with Gasteiger partial charge in [0.15, 0.2) is 0 Å². The fourth-order valence-electron chi connectivity index (χ4n) is 2.02. The first-order valence-corrected chi connectivity index (χ1v) is 6.62. The second-order valence-corrected chi connectivity index (χ2v) is 4.57. The van der Waals surface area contributed by atoms with Crippen LogP contribution in [0.4, 0.5) is 10.1 Å². The zero-order chi connectivity index (χ0) is 14.3. The minimum absolute atomic E-state index is 0.0787. The molecule has 0 aliphatic carbocycles. The molecule has 19 heavy (non-hydrogen) atoms. The molecule has 0 saturated heterocycles. The van der Waals surface area contributed by atoms with Crippen LogP contribution in [0.3, 0.4) is 0 Å². The van der Waals surface area contributed by atoms with E-state index in [0.29, 0.717) is 0 Å². The van der Waals surface area contributed by atoms with Gasteiger partial charge >= 0.3 is 0 Å². The molecule has 0 bridgehead atoms. The SMILES string of the molecule is CCCC(CCC)C(=O)Nc1ccc(C#N)cc1F. The average Bonchev–Trinajstić information content (AvgIpc) is 2.40. The number of carbonyl (C=O) groups excluding carboxylic acids is 1. The lowest BCUT2D eigenvalue weighted by Crippen LogP contribution is -2.23. The Morgan fingerprint density at radius 1 is 1.37 bits per heavy atom. The molecular formula is C15H19FN2O. The van der Waals surface area contributed by atoms with E-state index in [1.165, 1.54) is 12.1 Å². The number of anilines is 1. The van der Waals surface area contributed by atoms with Gasteiger partial charge in [-0.2, -0.15) is 5.26 Å². The van der Waals surface area contributed by atoms with Crippen molar-refractivity contribution in [1.82, 2.24) is 0 Å². The maximum Gasteiger partial charge on any atom is 0.227 e. The normalized spacial score (nSPS) is 10.3. The Labute approximate surface area is 113 Å². The molecule has 1 N–H and O–H groups in total. The molecule has 0 fully saturated rings. The molecule has 0 unspecified atom stereocenters. The zero-order valence-corrected chi connectivity index (χ0v) is 11.4. The lowest BCUT2D eigenvalue weighted by Gasteiger charge is -2.15. The number of amides is 1. The van der Waals surface area contributed by atoms with Crippen molar-refractivity contribution in [3.8, 4) is 6.07 Å². The summed E-state index contributed by atoms with van der Waals surface area (Å²) < 4.78 is 13.7. The Hall–Kier alpha value is -1.89. The van der Waals surface area contributed by atoms with Crippen LogP contribution in [0.2, 0.25) is 0 Å². The van der Waals surface area contributed by atoms with Gasteiger partial charge in [-0.15, -0.1) is 0 Å². The van der Waals surface area contributed by atoms with E-state index in [9.17, 15) is 9.18 Å². The quantitative estimate of drug-likeness (QED) is 0.846. The number of nitriles is 1. The fraction of sp³-hybridized carbons (Fsp3) is 0.467. The largest absolute Gasteiger partial charge is 0.323 e. The highest BCUT2D eigenvalue weighted by atomic mass is 19.1. The molecule has 0 aliphatic rings. The van der Waals surface area contributed by atoms with Crippen molar-refractivity contribution < 1.29 is 9.18 Å². The third-order valence-corrected chi connectivity index (χ3v) is 3.00. The monoisotopic (exact) mass is 262 g/mol. The smallest absolute Gasteiger partial charge is 0.227 e. The number of rotatable bonds is 6. The van der Waals surface area contributed by atoms with Crippen molar-refractivity contribution in [2.75, 3.05) is 5.32 Å². The minimum atomic E-state index is -0.570. The number of benzene rings is 1. The molecule has 0 spiro atoms. The average molecular weight is 262 g/mol. The number of hydrogen-bond acceptors (Lipinski definition) is 2. The third kappa shape index (κ3) is 4.36. The molecule has 1 rings (SSSR count). The van der Waals surface area contributed by atoms with E-state index in [-0.39, 0.29) is 23.1 Å². The molecule has 0 atom stereocenters. The molecule has 1 aromatic rings. The van der Waals surface area contributed by atoms with E-state index in [2.05, 4.69) is 5.32 Å². The topological polar surface area (TPSA) is 52.9 Å². The molecule has 102 valence electrons. The highest BCUT2D eigenvalue weighted by Crippen LogP contribution is 2.19. The van der Waals surface area contributed by atoms with E-state index in [4.69, 9.17) is 5.26 Å². The minimum Gasteiger partial charge on any atom is -0.323 e. The van der Waals surface area contributed by atoms with Crippen molar-refractivity contribution in [3.05, 3.63) is 29.6 Å². The van der Waals surface area contributed by atoms with Gasteiger partial charge in [-0.05, 0) is 31.0 Å². The summed E-state index contributed by atoms with van der Waals surface area (Å²) in [7, 11) is 0. The highest BCUT2D eigenvalue weighted by molar-refractivity contribution is 5.92. The van der Waals surface area contributed by atoms with Crippen molar-refractivity contribution in [2.24, 2.45) is 5.92 Å². The molecule has 0 heterocycles. The first-order valence-electron chi connectivity index (χ1n) is 6.62. The number of hydrogen-bond donors (Lipinski definition) is 1. The Kier molecular flexibility index (Phi) is 6.01. The lowest BCUT2D eigenvalue weighted by atomic mass is 9.97. The van der Waals surface area contributed by atoms with Crippen LogP contribution < -0.4 is 5.32 Å². The molecule has 4 heteroatoms. The molecule has 0 saturated carbocycles. The predicted octanol–water partition coefficient (Wildman–Crippen LogP) is 3.85. The Morgan fingerprint density at radius 2 is 2.00 bits per heavy atom. The predicted molar refractivity (Wildman–Crippen MR) is 73.1 cm³/mol. The van der Waals surface area contributed by atoms with Crippen LogP contribution in [0, 0.1) is 23.1 Å². The van der Waals surface area contributed by atoms with E-state index in [0.717, 1.165) is 31.7 Å². The molecule has 0 aliphatic heterocycles. The second-order valence-electron chi connectivity index (χ2n) is 4.57. The summed E-state index contributed by atoms with van der Waals surface area (Å²) in [6, 6.07) is 5.91. The van der Waals surface area contributed by atoms with Crippen LogP contribution in [-0.2, 0) is 4.79 Å². The molecule has 0 aromatic heterocycles. The van der Waals surface area contributed by atoms with Gasteiger partial charge in [0.2, 0.25) is 5.91 Å². The van der Waals surface area contributed by atoms with E-state index >= 15 is 0 Å². The van der Waals surface area contributed by atoms with Gasteiger partial charge in [0.1, 0.15) is 5.82 Å². The van der Waals surface area contributed by atoms with Crippen molar-refractivity contribution in [2.45, 2.75) is 39.5 Å². The fourth-order valence-corrected chi connectivity index (χ4v) is 2.02. The number of halogens is 1. The standard InChI is InChI=1S/C15H19FN2O/c1-3-5-12(6-4-2)15(19)18-14-8-7-11(10-17)9-13(14)16/h7-9,12H,3-6H2,1-2H3,(H,18,19). The Morgan fingerprint density at radius 3 is 2.47 bits per heavy atom. The van der Waals surface area contributed by atoms with Crippen molar-refractivity contribution >= 4 is 11.6 Å². The van der Waals surface area contributed by atoms with E-state index < -0.39 is 5.82 Å². The maximum atomic E-state index is 13.7. The van der Waals surface area contributed by atoms with Crippen molar-refractivity contribution in [3.63, 3.8) is 0 Å². The third-order valence-electron chi connectivity index (χ3n) is 3.00. The maximum absolute atomic E-state index is 13.7. The van der Waals surface area contributed by atoms with Gasteiger partial charge < -0.3 is 5.32 Å². The van der Waals surface area contributed by atoms with Crippen LogP contribution in [0.15, 0.2) is 18.2 Å². The number of carbonyl (C=O) groups is 1. The highest BCUT2D eigenvalue weighted by Gasteiger charge is 2.17. The summed E-state index contributed by atoms with van der Waals surface area (Å²) in [5.41, 5.74) is 0.385. The summed E-state index contributed by atoms with van der Waals surface area (Å²) in [5.74, 6) is -0.795. The molecular weight excluding hydrogens is 243 g/mol. The van der Waals surface area contributed by atoms with Gasteiger partial charge in [-0.3, -0.25) is 4.79 Å². The van der Waals surface area contributed by atoms with Crippen LogP contribution in [-0.4, -0.2) is 5.91 Å². The van der Waals surface area contributed by atoms with Crippen molar-refractivity contribution in [1.29, 1.82) is 5.26 Å². The summed E-state index contributed by atoms with van der Waals surface area (Å²) in [4.78, 5) is 12.1. The summed E-state index contributed by atoms with van der Waals surface area (Å²) in [6.45, 7) is 4.05. The number of nitrogens with one attached hydrogen (secondary N) is 1. The van der Waals surface area contributed by atoms with Crippen LogP contribution in [0.25, 0.3) is 0 Å². The van der Waals surface area contributed by atoms with Gasteiger partial charge in [-0.1, -0.05) is 26.7 Å². The van der Waals surface area contributed by atoms with E-state index in [1.807, 2.05) is 19.9 Å². The van der Waals surface area contributed by atoms with Gasteiger partial charge in [-0.25, -0.2) is 4.39 Å². The molecule has 1 amide bonds. The summed E-state index contributed by atoms with van der Waals surface area (Å²) in [5, 5.41) is 11.3. The van der Waals surface area contributed by atoms with Gasteiger partial charge in [0.25, 0.3) is 0 Å². The Balaban J connectivity index is 2.78. The van der Waals surface area contributed by atoms with Gasteiger partial charge in [0, 0.05) is 5.92 Å². The Bertz CT molecular complexity index is 474. The molecule has 0 radical (unpaired) electrons. The second kappa shape index (κ2) is 7.52. The summed E-state index contributed by atoms with van der Waals surface area (Å²) in [6.07, 6.45) is 3.46. The zero-order valence-electron chi connectivity index (χ0n) is 11.4. The molecule has 1 aromatic carbocycles. The number of nitrogens with zero attached hydrogens (tertiary/aromatic N) is 1. The summed E-state index contributed by atoms with van der Waals surface area (Å²) >= 11 is 0. The first-order chi connectivity index (χ1) is 9.12. The van der Waals surface area contributed by atoms with E-state index in [1.54, 1.807) is 0 Å². The van der Waals surface area contributed by atoms with Crippen LogP contribution in [0.1, 0.15) is 45.1 Å². The lowest BCUT2D eigenvalue weighted by molar-refractivity contribution is -0.120.